The van der Waals surface area contributed by atoms with Crippen molar-refractivity contribution in [1.29, 1.82) is 0 Å². The lowest BCUT2D eigenvalue weighted by Gasteiger charge is -2.21. The van der Waals surface area contributed by atoms with Crippen molar-refractivity contribution in [3.63, 3.8) is 0 Å². The third kappa shape index (κ3) is 4.68. The molecule has 0 aliphatic rings. The summed E-state index contributed by atoms with van der Waals surface area (Å²) in [5.41, 5.74) is 7.18. The standard InChI is InChI=1S/C14H22FNS/c1-4-10(2)9-17-11(3)14(16)12-5-7-13(15)8-6-12/h5-8,10-11,14H,4,9,16H2,1-3H3. The van der Waals surface area contributed by atoms with E-state index in [1.165, 1.54) is 18.6 Å². The largest absolute Gasteiger partial charge is 0.323 e. The van der Waals surface area contributed by atoms with Gasteiger partial charge in [0.1, 0.15) is 5.82 Å². The van der Waals surface area contributed by atoms with Crippen LogP contribution in [0.3, 0.4) is 0 Å². The van der Waals surface area contributed by atoms with Gasteiger partial charge in [-0.25, -0.2) is 4.39 Å². The molecule has 0 aliphatic carbocycles. The van der Waals surface area contributed by atoms with Crippen molar-refractivity contribution < 1.29 is 4.39 Å². The van der Waals surface area contributed by atoms with Crippen LogP contribution in [0, 0.1) is 11.7 Å². The number of rotatable bonds is 6. The fourth-order valence-corrected chi connectivity index (χ4v) is 2.73. The summed E-state index contributed by atoms with van der Waals surface area (Å²) in [5.74, 6) is 1.65. The second kappa shape index (κ2) is 7.02. The van der Waals surface area contributed by atoms with E-state index >= 15 is 0 Å². The molecule has 1 nitrogen and oxygen atoms in total. The van der Waals surface area contributed by atoms with E-state index in [1.807, 2.05) is 11.8 Å². The molecule has 0 heterocycles. The van der Waals surface area contributed by atoms with Crippen molar-refractivity contribution in [3.8, 4) is 0 Å². The van der Waals surface area contributed by atoms with Crippen LogP contribution in [0.4, 0.5) is 4.39 Å². The Balaban J connectivity index is 2.51. The van der Waals surface area contributed by atoms with Crippen molar-refractivity contribution in [3.05, 3.63) is 35.6 Å². The quantitative estimate of drug-likeness (QED) is 0.831. The van der Waals surface area contributed by atoms with Gasteiger partial charge in [-0.1, -0.05) is 39.3 Å². The van der Waals surface area contributed by atoms with Crippen LogP contribution in [-0.4, -0.2) is 11.0 Å². The number of halogens is 1. The van der Waals surface area contributed by atoms with Gasteiger partial charge in [0.05, 0.1) is 0 Å². The minimum absolute atomic E-state index is 0.0235. The summed E-state index contributed by atoms with van der Waals surface area (Å²) in [4.78, 5) is 0. The Morgan fingerprint density at radius 1 is 1.24 bits per heavy atom. The first kappa shape index (κ1) is 14.5. The molecule has 0 amide bonds. The van der Waals surface area contributed by atoms with Crippen LogP contribution in [0.5, 0.6) is 0 Å². The zero-order valence-corrected chi connectivity index (χ0v) is 11.6. The fourth-order valence-electron chi connectivity index (χ4n) is 1.49. The van der Waals surface area contributed by atoms with Crippen molar-refractivity contribution in [2.24, 2.45) is 11.7 Å². The smallest absolute Gasteiger partial charge is 0.123 e. The van der Waals surface area contributed by atoms with Gasteiger partial charge in [0, 0.05) is 11.3 Å². The summed E-state index contributed by atoms with van der Waals surface area (Å²) in [7, 11) is 0. The third-order valence-corrected chi connectivity index (χ3v) is 4.68. The number of nitrogens with two attached hydrogens (primary N) is 1. The number of hydrogen-bond acceptors (Lipinski definition) is 2. The van der Waals surface area contributed by atoms with E-state index in [0.717, 1.165) is 17.2 Å². The highest BCUT2D eigenvalue weighted by Crippen LogP contribution is 2.26. The van der Waals surface area contributed by atoms with Crippen molar-refractivity contribution in [2.75, 3.05) is 5.75 Å². The summed E-state index contributed by atoms with van der Waals surface area (Å²) in [5, 5.41) is 0.356. The highest BCUT2D eigenvalue weighted by Gasteiger charge is 2.16. The van der Waals surface area contributed by atoms with Crippen LogP contribution in [0.15, 0.2) is 24.3 Å². The summed E-state index contributed by atoms with van der Waals surface area (Å²) in [6.07, 6.45) is 1.20. The maximum Gasteiger partial charge on any atom is 0.123 e. The summed E-state index contributed by atoms with van der Waals surface area (Å²) >= 11 is 1.90. The topological polar surface area (TPSA) is 26.0 Å². The first-order chi connectivity index (χ1) is 8.04. The van der Waals surface area contributed by atoms with Crippen LogP contribution in [0.2, 0.25) is 0 Å². The molecular weight excluding hydrogens is 233 g/mol. The van der Waals surface area contributed by atoms with Crippen LogP contribution in [0.1, 0.15) is 38.8 Å². The molecule has 96 valence electrons. The maximum atomic E-state index is 12.8. The molecule has 1 aromatic rings. The van der Waals surface area contributed by atoms with Gasteiger partial charge in [-0.3, -0.25) is 0 Å². The normalized spacial score (nSPS) is 16.5. The minimum Gasteiger partial charge on any atom is -0.323 e. The third-order valence-electron chi connectivity index (χ3n) is 3.10. The van der Waals surface area contributed by atoms with Gasteiger partial charge in [-0.05, 0) is 29.4 Å². The van der Waals surface area contributed by atoms with Crippen LogP contribution in [-0.2, 0) is 0 Å². The molecule has 0 aromatic heterocycles. The average Bonchev–Trinajstić information content (AvgIpc) is 2.35. The molecule has 0 fully saturated rings. The molecule has 2 N–H and O–H groups in total. The van der Waals surface area contributed by atoms with Gasteiger partial charge in [0.25, 0.3) is 0 Å². The first-order valence-electron chi connectivity index (χ1n) is 6.17. The molecule has 1 aromatic carbocycles. The van der Waals surface area contributed by atoms with E-state index in [2.05, 4.69) is 20.8 Å². The fraction of sp³-hybridized carbons (Fsp3) is 0.571. The van der Waals surface area contributed by atoms with Gasteiger partial charge >= 0.3 is 0 Å². The van der Waals surface area contributed by atoms with Crippen molar-refractivity contribution in [2.45, 2.75) is 38.5 Å². The van der Waals surface area contributed by atoms with Gasteiger partial charge in [-0.2, -0.15) is 11.8 Å². The molecule has 3 unspecified atom stereocenters. The molecule has 0 saturated heterocycles. The van der Waals surface area contributed by atoms with E-state index in [-0.39, 0.29) is 11.9 Å². The van der Waals surface area contributed by atoms with Gasteiger partial charge < -0.3 is 5.73 Å². The number of hydrogen-bond donors (Lipinski definition) is 1. The zero-order valence-electron chi connectivity index (χ0n) is 10.8. The molecule has 17 heavy (non-hydrogen) atoms. The Bertz CT molecular complexity index is 325. The second-order valence-electron chi connectivity index (χ2n) is 4.63. The van der Waals surface area contributed by atoms with Crippen LogP contribution >= 0.6 is 11.8 Å². The van der Waals surface area contributed by atoms with Crippen LogP contribution in [0.25, 0.3) is 0 Å². The molecule has 0 bridgehead atoms. The first-order valence-corrected chi connectivity index (χ1v) is 7.22. The number of benzene rings is 1. The Kier molecular flexibility index (Phi) is 6.00. The lowest BCUT2D eigenvalue weighted by Crippen LogP contribution is -2.22. The molecule has 0 aliphatic heterocycles. The second-order valence-corrected chi connectivity index (χ2v) is 6.04. The van der Waals surface area contributed by atoms with E-state index in [4.69, 9.17) is 5.73 Å². The Morgan fingerprint density at radius 2 is 1.82 bits per heavy atom. The molecule has 3 heteroatoms. The average molecular weight is 255 g/mol. The molecule has 0 saturated carbocycles. The Hall–Kier alpha value is -0.540. The lowest BCUT2D eigenvalue weighted by atomic mass is 10.1. The molecular formula is C14H22FNS. The summed E-state index contributed by atoms with van der Waals surface area (Å²) in [6, 6.07) is 6.48. The monoisotopic (exact) mass is 255 g/mol. The van der Waals surface area contributed by atoms with Gasteiger partial charge in [0.15, 0.2) is 0 Å². The zero-order chi connectivity index (χ0) is 12.8. The predicted molar refractivity (Wildman–Crippen MR) is 74.7 cm³/mol. The van der Waals surface area contributed by atoms with E-state index in [1.54, 1.807) is 12.1 Å². The van der Waals surface area contributed by atoms with E-state index in [9.17, 15) is 4.39 Å². The molecule has 0 spiro atoms. The molecule has 0 radical (unpaired) electrons. The van der Waals surface area contributed by atoms with Gasteiger partial charge in [-0.15, -0.1) is 0 Å². The summed E-state index contributed by atoms with van der Waals surface area (Å²) in [6.45, 7) is 6.60. The molecule has 3 atom stereocenters. The Labute approximate surface area is 108 Å². The maximum absolute atomic E-state index is 12.8. The minimum atomic E-state index is -0.208. The predicted octanol–water partition coefficient (Wildman–Crippen LogP) is 3.99. The van der Waals surface area contributed by atoms with E-state index < -0.39 is 0 Å². The highest BCUT2D eigenvalue weighted by atomic mass is 32.2. The lowest BCUT2D eigenvalue weighted by molar-refractivity contribution is 0.622. The van der Waals surface area contributed by atoms with Crippen LogP contribution < -0.4 is 5.73 Å². The Morgan fingerprint density at radius 3 is 2.35 bits per heavy atom. The molecule has 1 rings (SSSR count). The van der Waals surface area contributed by atoms with Gasteiger partial charge in [0.2, 0.25) is 0 Å². The highest BCUT2D eigenvalue weighted by molar-refractivity contribution is 7.99. The van der Waals surface area contributed by atoms with Crippen molar-refractivity contribution >= 4 is 11.8 Å². The van der Waals surface area contributed by atoms with E-state index in [0.29, 0.717) is 5.25 Å². The van der Waals surface area contributed by atoms with Crippen molar-refractivity contribution in [1.82, 2.24) is 0 Å². The summed E-state index contributed by atoms with van der Waals surface area (Å²) < 4.78 is 12.8. The number of thioether (sulfide) groups is 1. The SMILES string of the molecule is CCC(C)CSC(C)C(N)c1ccc(F)cc1.